The minimum absolute atomic E-state index is 0.926. The summed E-state index contributed by atoms with van der Waals surface area (Å²) in [5, 5.41) is 4.69. The van der Waals surface area contributed by atoms with Crippen molar-refractivity contribution in [2.45, 2.75) is 20.0 Å². The summed E-state index contributed by atoms with van der Waals surface area (Å²) in [6, 6.07) is 19.5. The van der Waals surface area contributed by atoms with Crippen LogP contribution in [0.5, 0.6) is 0 Å². The van der Waals surface area contributed by atoms with Crippen LogP contribution in [0.1, 0.15) is 18.1 Å². The van der Waals surface area contributed by atoms with Gasteiger partial charge in [-0.1, -0.05) is 49.4 Å². The van der Waals surface area contributed by atoms with Crippen molar-refractivity contribution in [2.24, 2.45) is 0 Å². The summed E-state index contributed by atoms with van der Waals surface area (Å²) < 4.78 is 2.32. The molecule has 0 unspecified atom stereocenters. The Hall–Kier alpha value is -2.06. The van der Waals surface area contributed by atoms with E-state index in [0.29, 0.717) is 0 Å². The molecule has 0 spiro atoms. The highest BCUT2D eigenvalue weighted by Crippen LogP contribution is 2.19. The monoisotopic (exact) mass is 264 g/mol. The normalized spacial score (nSPS) is 11.1. The van der Waals surface area contributed by atoms with E-state index in [2.05, 4.69) is 77.6 Å². The Morgan fingerprint density at radius 1 is 0.950 bits per heavy atom. The Morgan fingerprint density at radius 3 is 2.60 bits per heavy atom. The van der Waals surface area contributed by atoms with E-state index < -0.39 is 0 Å². The van der Waals surface area contributed by atoms with Gasteiger partial charge in [0.2, 0.25) is 0 Å². The molecule has 2 nitrogen and oxygen atoms in total. The number of rotatable bonds is 5. The van der Waals surface area contributed by atoms with Gasteiger partial charge in [-0.15, -0.1) is 0 Å². The van der Waals surface area contributed by atoms with E-state index in [1.54, 1.807) is 0 Å². The van der Waals surface area contributed by atoms with Gasteiger partial charge in [-0.25, -0.2) is 0 Å². The van der Waals surface area contributed by atoms with E-state index in [0.717, 1.165) is 19.6 Å². The van der Waals surface area contributed by atoms with Crippen LogP contribution < -0.4 is 5.32 Å². The lowest BCUT2D eigenvalue weighted by atomic mass is 10.1. The lowest BCUT2D eigenvalue weighted by Crippen LogP contribution is -2.11. The maximum atomic E-state index is 3.38. The van der Waals surface area contributed by atoms with Crippen LogP contribution >= 0.6 is 0 Å². The SMILES string of the molecule is CCNCc1ccc2ccn(Cc3ccccc3)c2c1. The molecule has 3 rings (SSSR count). The molecule has 20 heavy (non-hydrogen) atoms. The van der Waals surface area contributed by atoms with Crippen molar-refractivity contribution >= 4 is 10.9 Å². The van der Waals surface area contributed by atoms with Crippen LogP contribution in [0.2, 0.25) is 0 Å². The van der Waals surface area contributed by atoms with Crippen LogP contribution in [-0.2, 0) is 13.1 Å². The van der Waals surface area contributed by atoms with Gasteiger partial charge in [0, 0.05) is 24.8 Å². The smallest absolute Gasteiger partial charge is 0.0486 e. The Kier molecular flexibility index (Phi) is 3.84. The van der Waals surface area contributed by atoms with E-state index in [-0.39, 0.29) is 0 Å². The molecule has 0 atom stereocenters. The lowest BCUT2D eigenvalue weighted by Gasteiger charge is -2.08. The predicted molar refractivity (Wildman–Crippen MR) is 84.9 cm³/mol. The first-order valence-electron chi connectivity index (χ1n) is 7.19. The molecule has 0 aliphatic carbocycles. The standard InChI is InChI=1S/C18H20N2/c1-2-19-13-16-8-9-17-10-11-20(18(17)12-16)14-15-6-4-3-5-7-15/h3-12,19H,2,13-14H2,1H3. The van der Waals surface area contributed by atoms with Crippen LogP contribution in [0.3, 0.4) is 0 Å². The number of fused-ring (bicyclic) bond motifs is 1. The molecule has 1 N–H and O–H groups in total. The minimum atomic E-state index is 0.926. The molecule has 0 bridgehead atoms. The van der Waals surface area contributed by atoms with Gasteiger partial charge in [0.25, 0.3) is 0 Å². The third kappa shape index (κ3) is 2.75. The first-order chi connectivity index (χ1) is 9.86. The zero-order valence-electron chi connectivity index (χ0n) is 11.8. The maximum absolute atomic E-state index is 3.38. The second kappa shape index (κ2) is 5.93. The van der Waals surface area contributed by atoms with Gasteiger partial charge in [0.05, 0.1) is 0 Å². The first-order valence-corrected chi connectivity index (χ1v) is 7.19. The molecule has 0 saturated heterocycles. The van der Waals surface area contributed by atoms with E-state index in [9.17, 15) is 0 Å². The summed E-state index contributed by atoms with van der Waals surface area (Å²) in [5.41, 5.74) is 3.98. The molecule has 0 fully saturated rings. The van der Waals surface area contributed by atoms with Crippen LogP contribution in [0.15, 0.2) is 60.8 Å². The van der Waals surface area contributed by atoms with Crippen molar-refractivity contribution in [1.82, 2.24) is 9.88 Å². The van der Waals surface area contributed by atoms with Crippen LogP contribution in [0.25, 0.3) is 10.9 Å². The van der Waals surface area contributed by atoms with Crippen LogP contribution in [0, 0.1) is 0 Å². The van der Waals surface area contributed by atoms with Crippen molar-refractivity contribution in [1.29, 1.82) is 0 Å². The molecule has 1 heterocycles. The maximum Gasteiger partial charge on any atom is 0.0486 e. The molecule has 0 radical (unpaired) electrons. The molecule has 2 heteroatoms. The quantitative estimate of drug-likeness (QED) is 0.741. The number of benzene rings is 2. The highest BCUT2D eigenvalue weighted by Gasteiger charge is 2.03. The zero-order valence-corrected chi connectivity index (χ0v) is 11.8. The van der Waals surface area contributed by atoms with Gasteiger partial charge in [0.15, 0.2) is 0 Å². The van der Waals surface area contributed by atoms with Crippen LogP contribution in [-0.4, -0.2) is 11.1 Å². The van der Waals surface area contributed by atoms with Gasteiger partial charge in [-0.2, -0.15) is 0 Å². The van der Waals surface area contributed by atoms with E-state index in [1.807, 2.05) is 0 Å². The second-order valence-electron chi connectivity index (χ2n) is 5.10. The Morgan fingerprint density at radius 2 is 1.80 bits per heavy atom. The number of hydrogen-bond acceptors (Lipinski definition) is 1. The average Bonchev–Trinajstić information content (AvgIpc) is 2.89. The molecule has 2 aromatic carbocycles. The Bertz CT molecular complexity index is 683. The first kappa shape index (κ1) is 12.9. The largest absolute Gasteiger partial charge is 0.343 e. The van der Waals surface area contributed by atoms with Gasteiger partial charge in [-0.05, 0) is 35.2 Å². The fourth-order valence-corrected chi connectivity index (χ4v) is 2.53. The number of hydrogen-bond donors (Lipinski definition) is 1. The summed E-state index contributed by atoms with van der Waals surface area (Å²) >= 11 is 0. The topological polar surface area (TPSA) is 17.0 Å². The molecule has 0 aliphatic heterocycles. The van der Waals surface area contributed by atoms with Crippen molar-refractivity contribution in [2.75, 3.05) is 6.54 Å². The minimum Gasteiger partial charge on any atom is -0.343 e. The van der Waals surface area contributed by atoms with Gasteiger partial charge in [-0.3, -0.25) is 0 Å². The number of aromatic nitrogens is 1. The van der Waals surface area contributed by atoms with E-state index in [1.165, 1.54) is 22.0 Å². The fourth-order valence-electron chi connectivity index (χ4n) is 2.53. The summed E-state index contributed by atoms with van der Waals surface area (Å²) in [6.07, 6.45) is 2.18. The predicted octanol–water partition coefficient (Wildman–Crippen LogP) is 3.80. The second-order valence-corrected chi connectivity index (χ2v) is 5.10. The Balaban J connectivity index is 1.90. The summed E-state index contributed by atoms with van der Waals surface area (Å²) in [7, 11) is 0. The molecule has 0 aliphatic rings. The highest BCUT2D eigenvalue weighted by molar-refractivity contribution is 5.81. The zero-order chi connectivity index (χ0) is 13.8. The third-order valence-corrected chi connectivity index (χ3v) is 3.61. The number of nitrogens with zero attached hydrogens (tertiary/aromatic N) is 1. The molecule has 0 saturated carbocycles. The van der Waals surface area contributed by atoms with E-state index in [4.69, 9.17) is 0 Å². The molecule has 0 amide bonds. The van der Waals surface area contributed by atoms with Crippen LogP contribution in [0.4, 0.5) is 0 Å². The molecule has 102 valence electrons. The summed E-state index contributed by atoms with van der Waals surface area (Å²) in [5.74, 6) is 0. The number of nitrogens with one attached hydrogen (secondary N) is 1. The average molecular weight is 264 g/mol. The summed E-state index contributed by atoms with van der Waals surface area (Å²) in [4.78, 5) is 0. The lowest BCUT2D eigenvalue weighted by molar-refractivity contribution is 0.726. The molecular formula is C18H20N2. The highest BCUT2D eigenvalue weighted by atomic mass is 14.9. The van der Waals surface area contributed by atoms with Gasteiger partial charge < -0.3 is 9.88 Å². The van der Waals surface area contributed by atoms with Crippen molar-refractivity contribution in [3.63, 3.8) is 0 Å². The van der Waals surface area contributed by atoms with Gasteiger partial charge >= 0.3 is 0 Å². The fraction of sp³-hybridized carbons (Fsp3) is 0.222. The molecular weight excluding hydrogens is 244 g/mol. The third-order valence-electron chi connectivity index (χ3n) is 3.61. The van der Waals surface area contributed by atoms with Gasteiger partial charge in [0.1, 0.15) is 0 Å². The molecule has 1 aromatic heterocycles. The van der Waals surface area contributed by atoms with Crippen molar-refractivity contribution in [3.8, 4) is 0 Å². The van der Waals surface area contributed by atoms with E-state index >= 15 is 0 Å². The Labute approximate surface area is 120 Å². The molecule has 3 aromatic rings. The summed E-state index contributed by atoms with van der Waals surface area (Å²) in [6.45, 7) is 5.00. The van der Waals surface area contributed by atoms with Crippen molar-refractivity contribution < 1.29 is 0 Å². The van der Waals surface area contributed by atoms with Crippen molar-refractivity contribution in [3.05, 3.63) is 71.9 Å².